The molecule has 0 saturated carbocycles. The maximum atomic E-state index is 9.26. The molecule has 0 amide bonds. The van der Waals surface area contributed by atoms with Crippen LogP contribution in [0.5, 0.6) is 5.75 Å². The first kappa shape index (κ1) is 48.7. The first-order valence-corrected chi connectivity index (χ1v) is 29.3. The number of hydrogen-bond acceptors (Lipinski definition) is 4. The van der Waals surface area contributed by atoms with Crippen LogP contribution in [0.2, 0.25) is 0 Å². The minimum atomic E-state index is -3.38. The summed E-state index contributed by atoms with van der Waals surface area (Å²) in [5.41, 5.74) is 3.39. The molecule has 0 aliphatic carbocycles. The van der Waals surface area contributed by atoms with Gasteiger partial charge in [0.25, 0.3) is 0 Å². The van der Waals surface area contributed by atoms with Gasteiger partial charge in [-0.15, -0.1) is 0 Å². The van der Waals surface area contributed by atoms with E-state index in [9.17, 15) is 5.26 Å². The molecule has 8 rings (SSSR count). The third-order valence-electron chi connectivity index (χ3n) is 12.4. The molecule has 338 valence electrons. The summed E-state index contributed by atoms with van der Waals surface area (Å²) in [6, 6.07) is 84.4. The molecule has 0 aromatic heterocycles. The van der Waals surface area contributed by atoms with Gasteiger partial charge in [-0.05, 0) is 0 Å². The van der Waals surface area contributed by atoms with Crippen LogP contribution >= 0.6 is 34.4 Å². The Kier molecular flexibility index (Phi) is 16.0. The number of rotatable bonds is 17. The Labute approximate surface area is 407 Å². The Morgan fingerprint density at radius 3 is 1.21 bits per heavy atom. The number of anilines is 1. The second kappa shape index (κ2) is 22.1. The number of benzene rings is 8. The van der Waals surface area contributed by atoms with Crippen LogP contribution in [0.15, 0.2) is 231 Å². The van der Waals surface area contributed by atoms with E-state index in [4.69, 9.17) is 32.5 Å². The first-order valence-electron chi connectivity index (χ1n) is 22.7. The molecule has 1 unspecified atom stereocenters. The number of unbranched alkanes of at least 4 members (excludes halogenated alkanes) is 1. The van der Waals surface area contributed by atoms with Gasteiger partial charge in [0.2, 0.25) is 0 Å². The van der Waals surface area contributed by atoms with Crippen molar-refractivity contribution < 1.29 is 4.74 Å². The molecule has 4 nitrogen and oxygen atoms in total. The summed E-state index contributed by atoms with van der Waals surface area (Å²) in [5, 5.41) is 24.9. The summed E-state index contributed by atoms with van der Waals surface area (Å²) >= 11 is 16.4. The van der Waals surface area contributed by atoms with Gasteiger partial charge in [0, 0.05) is 0 Å². The Morgan fingerprint density at radius 1 is 0.493 bits per heavy atom. The number of halogens is 2. The summed E-state index contributed by atoms with van der Waals surface area (Å²) < 4.78 is 5.93. The Bertz CT molecular complexity index is 2700. The van der Waals surface area contributed by atoms with E-state index in [0.29, 0.717) is 38.3 Å². The average molecular weight is 957 g/mol. The van der Waals surface area contributed by atoms with E-state index in [-0.39, 0.29) is 5.92 Å². The van der Waals surface area contributed by atoms with Gasteiger partial charge in [0.05, 0.1) is 0 Å². The number of nitrogens with zero attached hydrogens (tertiary/aromatic N) is 3. The predicted octanol–water partition coefficient (Wildman–Crippen LogP) is 13.0. The predicted molar refractivity (Wildman–Crippen MR) is 291 cm³/mol. The van der Waals surface area contributed by atoms with Crippen LogP contribution in [0.4, 0.5) is 5.69 Å². The van der Waals surface area contributed by atoms with Crippen LogP contribution in [0.25, 0.3) is 0 Å². The van der Waals surface area contributed by atoms with Crippen molar-refractivity contribution in [3.8, 4) is 17.9 Å². The molecule has 0 fully saturated rings. The summed E-state index contributed by atoms with van der Waals surface area (Å²) in [5.74, 6) is -5.99. The average Bonchev–Trinajstić information content (AvgIpc) is 3.39. The molecule has 8 heteroatoms. The maximum absolute atomic E-state index is 9.26. The summed E-state index contributed by atoms with van der Waals surface area (Å²) in [7, 11) is 2.04. The van der Waals surface area contributed by atoms with Gasteiger partial charge >= 0.3 is 410 Å². The van der Waals surface area contributed by atoms with E-state index in [1.807, 2.05) is 62.5 Å². The van der Waals surface area contributed by atoms with Crippen LogP contribution in [-0.4, -0.2) is 20.2 Å². The van der Waals surface area contributed by atoms with Crippen LogP contribution in [-0.2, 0) is 12.3 Å². The van der Waals surface area contributed by atoms with Gasteiger partial charge in [0.1, 0.15) is 0 Å². The zero-order chi connectivity index (χ0) is 47.1. The zero-order valence-corrected chi connectivity index (χ0v) is 41.5. The van der Waals surface area contributed by atoms with Crippen molar-refractivity contribution in [3.05, 3.63) is 242 Å². The molecule has 67 heavy (non-hydrogen) atoms. The van der Waals surface area contributed by atoms with Gasteiger partial charge in [-0.25, -0.2) is 0 Å². The second-order valence-corrected chi connectivity index (χ2v) is 30.0. The van der Waals surface area contributed by atoms with Crippen LogP contribution in [0.3, 0.4) is 0 Å². The van der Waals surface area contributed by atoms with Crippen molar-refractivity contribution in [2.75, 3.05) is 25.1 Å². The molecule has 0 heterocycles. The topological polar surface area (TPSA) is 60.0 Å². The Balaban J connectivity index is 0.000000199. The molecular formula is C59H57Cl2N3OP2. The van der Waals surface area contributed by atoms with Gasteiger partial charge in [-0.3, -0.25) is 0 Å². The van der Waals surface area contributed by atoms with Crippen LogP contribution < -0.4 is 41.5 Å². The van der Waals surface area contributed by atoms with Crippen LogP contribution in [0.1, 0.15) is 30.9 Å². The second-order valence-electron chi connectivity index (χ2n) is 17.0. The standard InChI is InChI=1S/C30H30ClN2P.C29H27ClNOP/c1-25(22-32)23-33(2)27-14-12-13-26(21-27)24-34(31,28-15-6-3-7-16-28,29-17-8-4-9-18-29)30-19-10-5-11-20-30;30-33(27-15-4-1-5-16-27,28-17-6-2-7-18-28,29-19-8-3-9-20-29)24-25-13-12-14-26(23-25)32-22-11-10-21-31/h3-21,25H,23-24H2,1-2H3;1-9,12-20,23H,10-11,22,24H2. The number of nitriles is 2. The molecule has 8 aromatic carbocycles. The van der Waals surface area contributed by atoms with Crippen molar-refractivity contribution in [2.45, 2.75) is 32.1 Å². The SMILES string of the molecule is CC(C#N)CN(C)c1cccc(CP(Cl)(c2ccccc2)(c2ccccc2)c2ccccc2)c1.N#CCCCOc1cccc(CP(Cl)(c2ccccc2)(c2ccccc2)c2ccccc2)c1. The van der Waals surface area contributed by atoms with Crippen molar-refractivity contribution in [1.29, 1.82) is 10.5 Å². The van der Waals surface area contributed by atoms with E-state index >= 15 is 0 Å². The fraction of sp³-hybridized carbons (Fsp3) is 0.153. The Hall–Kier alpha value is -6.22. The molecule has 0 N–H and O–H groups in total. The first-order chi connectivity index (χ1) is 32.6. The van der Waals surface area contributed by atoms with Gasteiger partial charge in [-0.2, -0.15) is 0 Å². The molecule has 0 bridgehead atoms. The summed E-state index contributed by atoms with van der Waals surface area (Å²) in [4.78, 5) is 2.15. The molecule has 8 aromatic rings. The van der Waals surface area contributed by atoms with Gasteiger partial charge < -0.3 is 0 Å². The molecule has 0 aliphatic rings. The van der Waals surface area contributed by atoms with Crippen molar-refractivity contribution >= 4 is 71.9 Å². The monoisotopic (exact) mass is 955 g/mol. The molecular weight excluding hydrogens is 900 g/mol. The number of ether oxygens (including phenoxy) is 1. The summed E-state index contributed by atoms with van der Waals surface area (Å²) in [6.07, 6.45) is 2.57. The fourth-order valence-electron chi connectivity index (χ4n) is 9.08. The van der Waals surface area contributed by atoms with Crippen molar-refractivity contribution in [2.24, 2.45) is 5.92 Å². The third-order valence-corrected chi connectivity index (χ3v) is 26.8. The molecule has 1 atom stereocenters. The molecule has 0 radical (unpaired) electrons. The third kappa shape index (κ3) is 10.5. The van der Waals surface area contributed by atoms with E-state index in [2.05, 4.69) is 199 Å². The van der Waals surface area contributed by atoms with Crippen molar-refractivity contribution in [3.63, 3.8) is 0 Å². The van der Waals surface area contributed by atoms with E-state index < -0.39 is 11.9 Å². The fourth-order valence-corrected chi connectivity index (χ4v) is 21.4. The molecule has 0 spiro atoms. The molecule has 0 saturated heterocycles. The van der Waals surface area contributed by atoms with Gasteiger partial charge in [0.15, 0.2) is 0 Å². The molecule has 0 aliphatic heterocycles. The zero-order valence-electron chi connectivity index (χ0n) is 38.2. The van der Waals surface area contributed by atoms with E-state index in [1.54, 1.807) is 0 Å². The summed E-state index contributed by atoms with van der Waals surface area (Å²) in [6.45, 7) is 3.16. The Morgan fingerprint density at radius 2 is 0.851 bits per heavy atom. The van der Waals surface area contributed by atoms with E-state index in [0.717, 1.165) is 48.8 Å². The number of hydrogen-bond donors (Lipinski definition) is 0. The van der Waals surface area contributed by atoms with Crippen molar-refractivity contribution in [1.82, 2.24) is 0 Å². The minimum absolute atomic E-state index is 0.0427. The quantitative estimate of drug-likeness (QED) is 0.0674. The van der Waals surface area contributed by atoms with E-state index in [1.165, 1.54) is 5.56 Å². The van der Waals surface area contributed by atoms with Gasteiger partial charge in [-0.1, -0.05) is 0 Å². The van der Waals surface area contributed by atoms with Crippen LogP contribution in [0, 0.1) is 28.6 Å². The normalized spacial score (nSPS) is 12.8.